The number of thiophene rings is 1. The molecular formula is C16H17N3S2. The van der Waals surface area contributed by atoms with E-state index >= 15 is 0 Å². The number of aromatic nitrogens is 3. The first-order valence-corrected chi connectivity index (χ1v) is 8.63. The second-order valence-corrected chi connectivity index (χ2v) is 7.14. The van der Waals surface area contributed by atoms with Crippen LogP contribution in [-0.2, 0) is 12.8 Å². The predicted octanol–water partition coefficient (Wildman–Crippen LogP) is 4.45. The summed E-state index contributed by atoms with van der Waals surface area (Å²) in [5.74, 6) is 1.85. The van der Waals surface area contributed by atoms with Crippen molar-refractivity contribution in [2.45, 2.75) is 24.8 Å². The maximum absolute atomic E-state index is 4.32. The van der Waals surface area contributed by atoms with Crippen molar-refractivity contribution in [2.24, 2.45) is 7.05 Å². The fourth-order valence-corrected chi connectivity index (χ4v) is 3.63. The van der Waals surface area contributed by atoms with Gasteiger partial charge in [-0.1, -0.05) is 41.6 Å². The summed E-state index contributed by atoms with van der Waals surface area (Å²) >= 11 is 3.46. The molecule has 0 spiro atoms. The van der Waals surface area contributed by atoms with Gasteiger partial charge < -0.3 is 4.57 Å². The van der Waals surface area contributed by atoms with E-state index in [-0.39, 0.29) is 0 Å². The average Bonchev–Trinajstić information content (AvgIpc) is 3.05. The molecule has 3 aromatic rings. The van der Waals surface area contributed by atoms with Gasteiger partial charge in [-0.2, -0.15) is 0 Å². The molecule has 1 aromatic carbocycles. The fraction of sp³-hybridized carbons (Fsp3) is 0.250. The lowest BCUT2D eigenvalue weighted by atomic mass is 10.2. The minimum atomic E-state index is 0.912. The van der Waals surface area contributed by atoms with Gasteiger partial charge in [-0.15, -0.1) is 21.5 Å². The Morgan fingerprint density at radius 1 is 1.14 bits per heavy atom. The van der Waals surface area contributed by atoms with Crippen molar-refractivity contribution < 1.29 is 0 Å². The number of aryl methyl sites for hydroxylation is 2. The molecule has 0 saturated carbocycles. The zero-order valence-electron chi connectivity index (χ0n) is 12.3. The largest absolute Gasteiger partial charge is 0.305 e. The Labute approximate surface area is 133 Å². The molecule has 108 valence electrons. The Kier molecular flexibility index (Phi) is 4.12. The van der Waals surface area contributed by atoms with Crippen LogP contribution in [0.2, 0.25) is 0 Å². The maximum Gasteiger partial charge on any atom is 0.191 e. The molecular weight excluding hydrogens is 298 g/mol. The van der Waals surface area contributed by atoms with E-state index < -0.39 is 0 Å². The van der Waals surface area contributed by atoms with Crippen LogP contribution >= 0.6 is 23.1 Å². The van der Waals surface area contributed by atoms with Crippen LogP contribution in [0.5, 0.6) is 0 Å². The van der Waals surface area contributed by atoms with E-state index in [0.717, 1.165) is 22.3 Å². The second kappa shape index (κ2) is 6.03. The Bertz CT molecular complexity index is 741. The van der Waals surface area contributed by atoms with Crippen molar-refractivity contribution in [1.82, 2.24) is 14.8 Å². The van der Waals surface area contributed by atoms with Crippen LogP contribution in [0.3, 0.4) is 0 Å². The number of rotatable bonds is 4. The number of nitrogens with zero attached hydrogens (tertiary/aromatic N) is 3. The molecule has 0 aliphatic heterocycles. The molecule has 0 bridgehead atoms. The summed E-state index contributed by atoms with van der Waals surface area (Å²) in [5.41, 5.74) is 3.74. The van der Waals surface area contributed by atoms with Crippen LogP contribution in [0.15, 0.2) is 40.9 Å². The summed E-state index contributed by atoms with van der Waals surface area (Å²) in [5, 5.41) is 11.7. The first-order valence-electron chi connectivity index (χ1n) is 6.77. The van der Waals surface area contributed by atoms with Crippen LogP contribution in [0.1, 0.15) is 16.0 Å². The highest BCUT2D eigenvalue weighted by Crippen LogP contribution is 2.27. The Morgan fingerprint density at radius 3 is 2.57 bits per heavy atom. The second-order valence-electron chi connectivity index (χ2n) is 5.09. The SMILES string of the molecule is Cc1ccc(CSc2nnc(-c3csc(C)c3)n2C)cc1. The third kappa shape index (κ3) is 3.19. The maximum atomic E-state index is 4.32. The quantitative estimate of drug-likeness (QED) is 0.666. The zero-order chi connectivity index (χ0) is 14.8. The Balaban J connectivity index is 1.75. The van der Waals surface area contributed by atoms with E-state index in [1.54, 1.807) is 23.1 Å². The van der Waals surface area contributed by atoms with Gasteiger partial charge in [0.05, 0.1) is 0 Å². The van der Waals surface area contributed by atoms with Gasteiger partial charge in [0.25, 0.3) is 0 Å². The van der Waals surface area contributed by atoms with Gasteiger partial charge in [0.2, 0.25) is 0 Å². The number of benzene rings is 1. The van der Waals surface area contributed by atoms with Crippen LogP contribution in [0, 0.1) is 13.8 Å². The van der Waals surface area contributed by atoms with Gasteiger partial charge in [0, 0.05) is 28.6 Å². The van der Waals surface area contributed by atoms with Gasteiger partial charge >= 0.3 is 0 Å². The molecule has 5 heteroatoms. The molecule has 0 aliphatic rings. The van der Waals surface area contributed by atoms with Crippen LogP contribution in [-0.4, -0.2) is 14.8 Å². The Hall–Kier alpha value is -1.59. The molecule has 0 unspecified atom stereocenters. The standard InChI is InChI=1S/C16H17N3S2/c1-11-4-6-13(7-5-11)9-21-16-18-17-15(19(16)3)14-8-12(2)20-10-14/h4-8,10H,9H2,1-3H3. The van der Waals surface area contributed by atoms with Crippen LogP contribution < -0.4 is 0 Å². The van der Waals surface area contributed by atoms with E-state index in [9.17, 15) is 0 Å². The van der Waals surface area contributed by atoms with Crippen molar-refractivity contribution in [3.8, 4) is 11.4 Å². The molecule has 0 N–H and O–H groups in total. The smallest absolute Gasteiger partial charge is 0.191 e. The lowest BCUT2D eigenvalue weighted by Crippen LogP contribution is -1.94. The molecule has 3 rings (SSSR count). The van der Waals surface area contributed by atoms with E-state index in [1.807, 2.05) is 7.05 Å². The average molecular weight is 315 g/mol. The van der Waals surface area contributed by atoms with Gasteiger partial charge in [-0.05, 0) is 25.5 Å². The summed E-state index contributed by atoms with van der Waals surface area (Å²) in [7, 11) is 2.03. The lowest BCUT2D eigenvalue weighted by molar-refractivity contribution is 0.794. The molecule has 2 heterocycles. The van der Waals surface area contributed by atoms with E-state index in [4.69, 9.17) is 0 Å². The third-order valence-corrected chi connectivity index (χ3v) is 5.26. The van der Waals surface area contributed by atoms with Crippen LogP contribution in [0.25, 0.3) is 11.4 Å². The molecule has 3 nitrogen and oxygen atoms in total. The molecule has 0 amide bonds. The Morgan fingerprint density at radius 2 is 1.90 bits per heavy atom. The molecule has 0 radical (unpaired) electrons. The number of thioether (sulfide) groups is 1. The number of hydrogen-bond acceptors (Lipinski definition) is 4. The molecule has 0 saturated heterocycles. The van der Waals surface area contributed by atoms with Gasteiger partial charge in [-0.25, -0.2) is 0 Å². The van der Waals surface area contributed by atoms with Gasteiger partial charge in [-0.3, -0.25) is 0 Å². The minimum Gasteiger partial charge on any atom is -0.305 e. The summed E-state index contributed by atoms with van der Waals surface area (Å²) in [4.78, 5) is 1.29. The fourth-order valence-electron chi connectivity index (χ4n) is 2.08. The highest BCUT2D eigenvalue weighted by atomic mass is 32.2. The number of hydrogen-bond donors (Lipinski definition) is 0. The first kappa shape index (κ1) is 14.4. The minimum absolute atomic E-state index is 0.912. The molecule has 0 fully saturated rings. The lowest BCUT2D eigenvalue weighted by Gasteiger charge is -2.03. The zero-order valence-corrected chi connectivity index (χ0v) is 14.0. The van der Waals surface area contributed by atoms with Crippen molar-refractivity contribution in [3.63, 3.8) is 0 Å². The summed E-state index contributed by atoms with van der Waals surface area (Å²) in [6.45, 7) is 4.21. The van der Waals surface area contributed by atoms with Gasteiger partial charge in [0.1, 0.15) is 0 Å². The molecule has 0 aliphatic carbocycles. The molecule has 2 aromatic heterocycles. The van der Waals surface area contributed by atoms with Crippen molar-refractivity contribution in [1.29, 1.82) is 0 Å². The summed E-state index contributed by atoms with van der Waals surface area (Å²) in [6.07, 6.45) is 0. The summed E-state index contributed by atoms with van der Waals surface area (Å²) < 4.78 is 2.07. The van der Waals surface area contributed by atoms with Crippen LogP contribution in [0.4, 0.5) is 0 Å². The topological polar surface area (TPSA) is 30.7 Å². The van der Waals surface area contributed by atoms with Crippen molar-refractivity contribution in [2.75, 3.05) is 0 Å². The molecule has 21 heavy (non-hydrogen) atoms. The first-order chi connectivity index (χ1) is 10.1. The van der Waals surface area contributed by atoms with E-state index in [1.165, 1.54) is 16.0 Å². The predicted molar refractivity (Wildman–Crippen MR) is 89.8 cm³/mol. The molecule has 0 atom stereocenters. The third-order valence-electron chi connectivity index (χ3n) is 3.31. The highest BCUT2D eigenvalue weighted by Gasteiger charge is 2.12. The van der Waals surface area contributed by atoms with E-state index in [2.05, 4.69) is 64.3 Å². The van der Waals surface area contributed by atoms with Crippen molar-refractivity contribution >= 4 is 23.1 Å². The van der Waals surface area contributed by atoms with E-state index in [0.29, 0.717) is 0 Å². The monoisotopic (exact) mass is 315 g/mol. The van der Waals surface area contributed by atoms with Crippen molar-refractivity contribution in [3.05, 3.63) is 51.7 Å². The normalized spacial score (nSPS) is 11.0. The highest BCUT2D eigenvalue weighted by molar-refractivity contribution is 7.98. The summed E-state index contributed by atoms with van der Waals surface area (Å²) in [6, 6.07) is 10.8. The van der Waals surface area contributed by atoms with Gasteiger partial charge in [0.15, 0.2) is 11.0 Å².